The number of pyridine rings is 1. The van der Waals surface area contributed by atoms with Gasteiger partial charge in [-0.05, 0) is 44.2 Å². The Morgan fingerprint density at radius 2 is 2.21 bits per heavy atom. The van der Waals surface area contributed by atoms with E-state index in [1.807, 2.05) is 12.3 Å². The normalized spacial score (nSPS) is 17.6. The highest BCUT2D eigenvalue weighted by Gasteiger charge is 2.39. The van der Waals surface area contributed by atoms with Crippen molar-refractivity contribution in [2.24, 2.45) is 0 Å². The van der Waals surface area contributed by atoms with Crippen molar-refractivity contribution in [3.63, 3.8) is 0 Å². The van der Waals surface area contributed by atoms with Crippen LogP contribution in [0.4, 0.5) is 0 Å². The fourth-order valence-electron chi connectivity index (χ4n) is 3.21. The molecule has 102 valence electrons. The molecule has 2 aromatic rings. The molecule has 4 heteroatoms. The van der Waals surface area contributed by atoms with E-state index in [0.717, 1.165) is 29.8 Å². The van der Waals surface area contributed by atoms with Gasteiger partial charge in [0, 0.05) is 24.0 Å². The lowest BCUT2D eigenvalue weighted by Crippen LogP contribution is -2.41. The van der Waals surface area contributed by atoms with E-state index < -0.39 is 0 Å². The zero-order chi connectivity index (χ0) is 13.5. The first-order valence-electron chi connectivity index (χ1n) is 7.11. The fraction of sp³-hybridized carbons (Fsp3) is 0.600. The van der Waals surface area contributed by atoms with Crippen LogP contribution < -0.4 is 0 Å². The molecule has 0 bridgehead atoms. The van der Waals surface area contributed by atoms with Crippen molar-refractivity contribution in [1.29, 1.82) is 0 Å². The number of imidazole rings is 1. The van der Waals surface area contributed by atoms with Crippen LogP contribution >= 0.6 is 11.6 Å². The molecular weight excluding hydrogens is 258 g/mol. The van der Waals surface area contributed by atoms with Gasteiger partial charge in [-0.25, -0.2) is 9.97 Å². The molecule has 0 atom stereocenters. The van der Waals surface area contributed by atoms with Gasteiger partial charge in [-0.3, -0.25) is 0 Å². The molecule has 0 unspecified atom stereocenters. The van der Waals surface area contributed by atoms with Crippen LogP contribution in [0, 0.1) is 6.92 Å². The number of hydrogen-bond donors (Lipinski definition) is 0. The number of alkyl halides is 1. The van der Waals surface area contributed by atoms with Crippen molar-refractivity contribution >= 4 is 22.8 Å². The Bertz CT molecular complexity index is 593. The third-order valence-corrected chi connectivity index (χ3v) is 4.74. The van der Waals surface area contributed by atoms with Crippen LogP contribution in [-0.4, -0.2) is 20.4 Å². The standard InChI is InChI=1S/C15H20ClN3/c1-3-15(7-4-8-15)19-12(5-9-16)18-13-11(2)6-10-17-14(13)19/h6,10H,3-5,7-9H2,1-2H3. The van der Waals surface area contributed by atoms with E-state index in [-0.39, 0.29) is 5.54 Å². The molecule has 1 fully saturated rings. The van der Waals surface area contributed by atoms with Gasteiger partial charge in [0.1, 0.15) is 11.3 Å². The summed E-state index contributed by atoms with van der Waals surface area (Å²) in [5.41, 5.74) is 3.52. The average molecular weight is 278 g/mol. The van der Waals surface area contributed by atoms with Crippen LogP contribution in [0.5, 0.6) is 0 Å². The summed E-state index contributed by atoms with van der Waals surface area (Å²) in [5, 5.41) is 0. The topological polar surface area (TPSA) is 30.7 Å². The lowest BCUT2D eigenvalue weighted by Gasteiger charge is -2.43. The largest absolute Gasteiger partial charge is 0.306 e. The van der Waals surface area contributed by atoms with Crippen LogP contribution in [-0.2, 0) is 12.0 Å². The van der Waals surface area contributed by atoms with Crippen molar-refractivity contribution in [2.75, 3.05) is 5.88 Å². The monoisotopic (exact) mass is 277 g/mol. The molecule has 1 saturated carbocycles. The van der Waals surface area contributed by atoms with Crippen LogP contribution in [0.3, 0.4) is 0 Å². The smallest absolute Gasteiger partial charge is 0.160 e. The minimum atomic E-state index is 0.233. The Morgan fingerprint density at radius 1 is 1.42 bits per heavy atom. The van der Waals surface area contributed by atoms with E-state index in [0.29, 0.717) is 5.88 Å². The van der Waals surface area contributed by atoms with Crippen molar-refractivity contribution in [3.8, 4) is 0 Å². The number of aromatic nitrogens is 3. The molecule has 3 rings (SSSR count). The summed E-state index contributed by atoms with van der Waals surface area (Å²) in [6.45, 7) is 4.37. The summed E-state index contributed by atoms with van der Waals surface area (Å²) in [4.78, 5) is 9.41. The zero-order valence-electron chi connectivity index (χ0n) is 11.6. The molecule has 2 aromatic heterocycles. The highest BCUT2D eigenvalue weighted by Crippen LogP contribution is 2.44. The number of halogens is 1. The molecule has 0 amide bonds. The van der Waals surface area contributed by atoms with E-state index >= 15 is 0 Å². The quantitative estimate of drug-likeness (QED) is 0.796. The van der Waals surface area contributed by atoms with Gasteiger partial charge in [0.2, 0.25) is 0 Å². The second-order valence-electron chi connectivity index (χ2n) is 5.53. The molecule has 2 heterocycles. The molecule has 0 radical (unpaired) electrons. The van der Waals surface area contributed by atoms with Gasteiger partial charge < -0.3 is 4.57 Å². The summed E-state index contributed by atoms with van der Waals surface area (Å²) in [7, 11) is 0. The van der Waals surface area contributed by atoms with E-state index in [1.54, 1.807) is 0 Å². The lowest BCUT2D eigenvalue weighted by atomic mass is 9.74. The summed E-state index contributed by atoms with van der Waals surface area (Å²) in [5.74, 6) is 1.72. The predicted octanol–water partition coefficient (Wildman–Crippen LogP) is 3.81. The first-order chi connectivity index (χ1) is 9.22. The maximum Gasteiger partial charge on any atom is 0.160 e. The van der Waals surface area contributed by atoms with Gasteiger partial charge in [0.15, 0.2) is 5.65 Å². The Labute approximate surface area is 119 Å². The van der Waals surface area contributed by atoms with Crippen LogP contribution in [0.25, 0.3) is 11.2 Å². The summed E-state index contributed by atoms with van der Waals surface area (Å²) in [6.07, 6.45) is 7.63. The van der Waals surface area contributed by atoms with Crippen LogP contribution in [0.15, 0.2) is 12.3 Å². The van der Waals surface area contributed by atoms with Gasteiger partial charge in [-0.1, -0.05) is 6.92 Å². The SMILES string of the molecule is CCC1(n2c(CCCl)nc3c(C)ccnc32)CCC1. The molecule has 0 saturated heterocycles. The minimum Gasteiger partial charge on any atom is -0.306 e. The predicted molar refractivity (Wildman–Crippen MR) is 78.8 cm³/mol. The number of rotatable bonds is 4. The maximum absolute atomic E-state index is 5.96. The molecule has 3 nitrogen and oxygen atoms in total. The fourth-order valence-corrected chi connectivity index (χ4v) is 3.38. The average Bonchev–Trinajstić information content (AvgIpc) is 2.71. The molecule has 1 aliphatic rings. The van der Waals surface area contributed by atoms with Gasteiger partial charge in [-0.2, -0.15) is 0 Å². The Kier molecular flexibility index (Phi) is 3.25. The van der Waals surface area contributed by atoms with Crippen molar-refractivity contribution in [3.05, 3.63) is 23.7 Å². The van der Waals surface area contributed by atoms with Gasteiger partial charge in [0.05, 0.1) is 0 Å². The van der Waals surface area contributed by atoms with Crippen molar-refractivity contribution < 1.29 is 0 Å². The van der Waals surface area contributed by atoms with Crippen molar-refractivity contribution in [2.45, 2.75) is 51.5 Å². The van der Waals surface area contributed by atoms with Crippen LogP contribution in [0.1, 0.15) is 44.0 Å². The maximum atomic E-state index is 5.96. The highest BCUT2D eigenvalue weighted by atomic mass is 35.5. The molecule has 0 aromatic carbocycles. The minimum absolute atomic E-state index is 0.233. The first-order valence-corrected chi connectivity index (χ1v) is 7.64. The number of nitrogens with zero attached hydrogens (tertiary/aromatic N) is 3. The molecular formula is C15H20ClN3. The van der Waals surface area contributed by atoms with E-state index in [1.165, 1.54) is 24.8 Å². The van der Waals surface area contributed by atoms with Crippen LogP contribution in [0.2, 0.25) is 0 Å². The Morgan fingerprint density at radius 3 is 2.79 bits per heavy atom. The molecule has 0 N–H and O–H groups in total. The Hall–Kier alpha value is -1.09. The second-order valence-corrected chi connectivity index (χ2v) is 5.91. The van der Waals surface area contributed by atoms with Gasteiger partial charge in [0.25, 0.3) is 0 Å². The van der Waals surface area contributed by atoms with E-state index in [9.17, 15) is 0 Å². The third-order valence-electron chi connectivity index (χ3n) is 4.55. The third kappa shape index (κ3) is 1.86. The first kappa shape index (κ1) is 12.9. The highest BCUT2D eigenvalue weighted by molar-refractivity contribution is 6.17. The molecule has 1 aliphatic carbocycles. The summed E-state index contributed by atoms with van der Waals surface area (Å²) >= 11 is 5.96. The van der Waals surface area contributed by atoms with E-state index in [4.69, 9.17) is 16.6 Å². The summed E-state index contributed by atoms with van der Waals surface area (Å²) in [6, 6.07) is 2.03. The van der Waals surface area contributed by atoms with E-state index in [2.05, 4.69) is 23.4 Å². The number of fused-ring (bicyclic) bond motifs is 1. The Balaban J connectivity index is 2.25. The van der Waals surface area contributed by atoms with Crippen molar-refractivity contribution in [1.82, 2.24) is 14.5 Å². The molecule has 0 aliphatic heterocycles. The van der Waals surface area contributed by atoms with Gasteiger partial charge >= 0.3 is 0 Å². The second kappa shape index (κ2) is 4.78. The van der Waals surface area contributed by atoms with Gasteiger partial charge in [-0.15, -0.1) is 11.6 Å². The lowest BCUT2D eigenvalue weighted by molar-refractivity contribution is 0.137. The molecule has 0 spiro atoms. The number of aryl methyl sites for hydroxylation is 2. The number of hydrogen-bond acceptors (Lipinski definition) is 2. The molecule has 19 heavy (non-hydrogen) atoms. The zero-order valence-corrected chi connectivity index (χ0v) is 12.4. The summed E-state index contributed by atoms with van der Waals surface area (Å²) < 4.78 is 2.39.